The number of hydrogen-bond donors (Lipinski definition) is 20. The van der Waals surface area contributed by atoms with Crippen LogP contribution in [0.15, 0.2) is 30.3 Å². The van der Waals surface area contributed by atoms with Gasteiger partial charge in [-0.25, -0.2) is 0 Å². The Labute approximate surface area is 833 Å². The number of nitrogens with one attached hydrogen (secondary N) is 19. The summed E-state index contributed by atoms with van der Waals surface area (Å²) in [4.78, 5) is 305. The zero-order valence-electron chi connectivity index (χ0n) is 87.6. The number of benzene rings is 1. The van der Waals surface area contributed by atoms with E-state index in [4.69, 9.17) is 5.11 Å². The van der Waals surface area contributed by atoms with Crippen LogP contribution in [-0.2, 0) is 112 Å². The van der Waals surface area contributed by atoms with E-state index in [2.05, 4.69) is 101 Å². The second-order valence-electron chi connectivity index (χ2n) is 41.9. The maximum Gasteiger partial charge on any atom is 0.248 e. The van der Waals surface area contributed by atoms with Crippen molar-refractivity contribution >= 4 is 130 Å². The number of rotatable bonds is 54. The Morgan fingerprint density at radius 2 is 0.683 bits per heavy atom. The highest BCUT2D eigenvalue weighted by Crippen LogP contribution is 2.29. The number of carbonyl (C=O) groups excluding carboxylic acids is 22. The zero-order chi connectivity index (χ0) is 108. The van der Waals surface area contributed by atoms with Crippen LogP contribution in [0.4, 0.5) is 0 Å². The van der Waals surface area contributed by atoms with Crippen LogP contribution in [0.5, 0.6) is 0 Å². The van der Waals surface area contributed by atoms with Gasteiger partial charge in [0.2, 0.25) is 130 Å². The first-order valence-corrected chi connectivity index (χ1v) is 49.1. The third-order valence-electron chi connectivity index (χ3n) is 25.0. The third-order valence-corrected chi connectivity index (χ3v) is 25.0. The second kappa shape index (κ2) is 53.6. The molecule has 0 aromatic heterocycles. The molecule has 22 amide bonds. The molecule has 1 aromatic rings. The molecule has 0 saturated carbocycles. The van der Waals surface area contributed by atoms with Gasteiger partial charge in [0.05, 0.1) is 0 Å². The van der Waals surface area contributed by atoms with Crippen LogP contribution in [0.2, 0.25) is 0 Å². The highest BCUT2D eigenvalue weighted by Gasteiger charge is 2.50. The van der Waals surface area contributed by atoms with E-state index in [0.717, 1.165) is 0 Å². The monoisotopic (exact) mass is 2000 g/mol. The van der Waals surface area contributed by atoms with Crippen LogP contribution >= 0.6 is 0 Å². The van der Waals surface area contributed by atoms with E-state index in [1.807, 2.05) is 13.8 Å². The van der Waals surface area contributed by atoms with Crippen molar-refractivity contribution in [1.29, 1.82) is 0 Å². The Morgan fingerprint density at radius 1 is 0.331 bits per heavy atom. The average molecular weight is 2000 g/mol. The lowest BCUT2D eigenvalue weighted by Crippen LogP contribution is -2.65. The maximum absolute atomic E-state index is 14.8. The first-order chi connectivity index (χ1) is 65.7. The van der Waals surface area contributed by atoms with E-state index >= 15 is 0 Å². The molecule has 0 spiro atoms. The molecule has 0 radical (unpaired) electrons. The first kappa shape index (κ1) is 122. The number of carbonyl (C=O) groups is 22. The molecule has 2 unspecified atom stereocenters. The summed E-state index contributed by atoms with van der Waals surface area (Å²) in [6, 6.07) is -1.53. The molecular weight excluding hydrogens is 1840 g/mol. The van der Waals surface area contributed by atoms with Crippen molar-refractivity contribution in [3.63, 3.8) is 0 Å². The average Bonchev–Trinajstić information content (AvgIpc) is 1.26. The minimum absolute atomic E-state index is 0.0182. The number of hydrogen-bond acceptors (Lipinski definition) is 23. The van der Waals surface area contributed by atoms with Crippen molar-refractivity contribution < 1.29 is 111 Å². The van der Waals surface area contributed by atoms with Crippen molar-refractivity contribution in [2.45, 2.75) is 375 Å². The first-order valence-electron chi connectivity index (χ1n) is 49.1. The predicted octanol–water partition coefficient (Wildman–Crippen LogP) is -1.66. The van der Waals surface area contributed by atoms with Gasteiger partial charge in [-0.05, 0) is 205 Å². The fourth-order valence-electron chi connectivity index (χ4n) is 16.2. The van der Waals surface area contributed by atoms with E-state index in [1.54, 1.807) is 71.9 Å². The maximum atomic E-state index is 14.8. The van der Waals surface area contributed by atoms with Crippen LogP contribution in [0.25, 0.3) is 0 Å². The van der Waals surface area contributed by atoms with Gasteiger partial charge < -0.3 is 121 Å². The van der Waals surface area contributed by atoms with Crippen LogP contribution < -0.4 is 101 Å². The van der Waals surface area contributed by atoms with Gasteiger partial charge in [0.25, 0.3) is 0 Å². The summed E-state index contributed by atoms with van der Waals surface area (Å²) in [6.07, 6.45) is 1.30. The molecule has 45 heteroatoms. The molecule has 45 nitrogen and oxygen atoms in total. The molecule has 3 aliphatic heterocycles. The van der Waals surface area contributed by atoms with Crippen LogP contribution in [0.3, 0.4) is 0 Å². The van der Waals surface area contributed by atoms with Gasteiger partial charge in [-0.3, -0.25) is 105 Å². The molecule has 3 saturated heterocycles. The Bertz CT molecular complexity index is 4710. The second-order valence-corrected chi connectivity index (χ2v) is 41.9. The largest absolute Gasteiger partial charge is 0.377 e. The lowest BCUT2D eigenvalue weighted by molar-refractivity contribution is -0.148. The van der Waals surface area contributed by atoms with Crippen molar-refractivity contribution in [3.8, 4) is 0 Å². The standard InChI is InChI=1S/C97H160N22O23/c1-26-96(24,86(139)101-46-42-72(125)105-63(51-56(5)6)76(129)111-91(14,15)83(136)100-45-41-71(124)106-64(52-57(7)8)77(130)112-93(18,19)85(138)116-92(16,17)84(137)108-62(50-55(3)4)75(128)98-43-39-69(122)102-54-120)114-74(127)58(9)103-70(123)40-44-99-82(135)90(12,13)110-73(126)59(10)104-79(132)66-36-32-49-119(66)89(142)97(25,27-2)115-78(131)65(53-61-34-29-28-30-35-61)107-80(133)67-37-31-47-117(67)88(141)95(22,23)113-81(134)68-38-33-48-118(68)87(140)94(20,21)109-60(11)121/h28-30,34-35,55-59,62-68,120H,26-27,31-33,36-54H2,1-25H3,(H,98,128)(H,99,135)(H,100,136)(H,101,139)(H,102,122)(H,103,123)(H,104,132)(H,105,125)(H,106,124)(H,107,133)(H,108,137)(H,109,121)(H,110,126)(H,111,129)(H,112,130)(H,113,134)(H,114,127)(H,115,131)(H,116,138)/t58-,59-,62-,63-,64-,65-,66-,67?,68?,96+,97+/m0/s1. The number of nitrogens with zero attached hydrogens (tertiary/aromatic N) is 3. The van der Waals surface area contributed by atoms with Crippen LogP contribution in [0.1, 0.15) is 275 Å². The van der Waals surface area contributed by atoms with Gasteiger partial charge in [-0.2, -0.15) is 0 Å². The number of likely N-dealkylation sites (tertiary alicyclic amines) is 3. The lowest BCUT2D eigenvalue weighted by atomic mass is 9.94. The minimum atomic E-state index is -1.67. The minimum Gasteiger partial charge on any atom is -0.377 e. The Balaban J connectivity index is 1.25. The molecule has 1 aromatic carbocycles. The highest BCUT2D eigenvalue weighted by atomic mass is 16.3. The highest BCUT2D eigenvalue weighted by molar-refractivity contribution is 6.04. The topological polar surface area (TPSA) is 634 Å². The van der Waals surface area contributed by atoms with Crippen molar-refractivity contribution in [3.05, 3.63) is 35.9 Å². The molecule has 796 valence electrons. The predicted molar refractivity (Wildman–Crippen MR) is 524 cm³/mol. The molecule has 142 heavy (non-hydrogen) atoms. The molecular formula is C97H160N22O23. The van der Waals surface area contributed by atoms with Gasteiger partial charge in [0, 0.05) is 84.8 Å². The summed E-state index contributed by atoms with van der Waals surface area (Å²) in [7, 11) is 0. The zero-order valence-corrected chi connectivity index (χ0v) is 87.6. The quantitative estimate of drug-likeness (QED) is 0.0325. The molecule has 0 bridgehead atoms. The summed E-state index contributed by atoms with van der Waals surface area (Å²) in [5, 5.41) is 59.0. The molecule has 0 aliphatic carbocycles. The van der Waals surface area contributed by atoms with Crippen LogP contribution in [-0.4, -0.2) is 301 Å². The Kier molecular flexibility index (Phi) is 46.0. The number of aliphatic hydroxyl groups is 1. The van der Waals surface area contributed by atoms with E-state index < -0.39 is 235 Å². The molecule has 3 aliphatic rings. The van der Waals surface area contributed by atoms with Crippen molar-refractivity contribution in [2.75, 3.05) is 52.5 Å². The van der Waals surface area contributed by atoms with E-state index in [0.29, 0.717) is 31.2 Å². The van der Waals surface area contributed by atoms with Gasteiger partial charge in [-0.15, -0.1) is 0 Å². The molecule has 4 rings (SSSR count). The van der Waals surface area contributed by atoms with E-state index in [1.165, 1.54) is 132 Å². The van der Waals surface area contributed by atoms with Crippen molar-refractivity contribution in [2.24, 2.45) is 17.8 Å². The smallest absolute Gasteiger partial charge is 0.248 e. The summed E-state index contributed by atoms with van der Waals surface area (Å²) >= 11 is 0. The summed E-state index contributed by atoms with van der Waals surface area (Å²) in [6.45, 7) is 37.4. The molecule has 3 fully saturated rings. The molecule has 3 heterocycles. The van der Waals surface area contributed by atoms with Gasteiger partial charge in [0.1, 0.15) is 105 Å². The fourth-order valence-corrected chi connectivity index (χ4v) is 16.2. The van der Waals surface area contributed by atoms with E-state index in [-0.39, 0.29) is 141 Å². The summed E-state index contributed by atoms with van der Waals surface area (Å²) < 4.78 is 0. The Hall–Kier alpha value is -12.5. The number of amides is 22. The molecule has 11 atom stereocenters. The SMILES string of the molecule is CC[C@@](C)(NC(=O)[C@H](C)NC(=O)CCNC(=O)C(C)(C)NC(=O)[C@H](C)NC(=O)[C@@H]1CCCN1C(=O)[C@@](C)(CC)NC(=O)[C@H](Cc1ccccc1)NC(=O)C1CCCN1C(=O)C(C)(C)NC(=O)C1CCCN1C(=O)C(C)(C)NC(C)=O)C(=O)NCCC(=O)N[C@@H](CC(C)C)C(=O)NC(C)(C)C(=O)NCCC(=O)N[C@@H](CC(C)C)C(=O)NC(C)(C)C(=O)NC(C)(C)C(=O)N[C@@H](CC(C)C)C(=O)NCCC(=O)NCO. The number of aliphatic hydroxyl groups excluding tert-OH is 1. The van der Waals surface area contributed by atoms with Gasteiger partial charge in [0.15, 0.2) is 0 Å². The van der Waals surface area contributed by atoms with Crippen LogP contribution in [0, 0.1) is 17.8 Å². The summed E-state index contributed by atoms with van der Waals surface area (Å²) in [5.41, 5.74) is -12.0. The van der Waals surface area contributed by atoms with Gasteiger partial charge >= 0.3 is 0 Å². The van der Waals surface area contributed by atoms with Crippen molar-refractivity contribution in [1.82, 2.24) is 116 Å². The fraction of sp³-hybridized carbons (Fsp3) is 0.711. The third kappa shape index (κ3) is 37.1. The van der Waals surface area contributed by atoms with E-state index in [9.17, 15) is 105 Å². The lowest BCUT2D eigenvalue weighted by Gasteiger charge is -2.37. The van der Waals surface area contributed by atoms with Gasteiger partial charge in [-0.1, -0.05) is 85.7 Å². The summed E-state index contributed by atoms with van der Waals surface area (Å²) in [5.74, 6) is -14.9. The normalized spacial score (nSPS) is 17.2. The molecule has 20 N–H and O–H groups in total. The Morgan fingerprint density at radius 3 is 1.12 bits per heavy atom.